The molecule has 0 saturated heterocycles. The molecule has 0 saturated carbocycles. The zero-order valence-corrected chi connectivity index (χ0v) is 10.5. The van der Waals surface area contributed by atoms with Gasteiger partial charge in [-0.1, -0.05) is 0 Å². The van der Waals surface area contributed by atoms with Crippen molar-refractivity contribution in [2.24, 2.45) is 16.6 Å². The predicted octanol–water partition coefficient (Wildman–Crippen LogP) is 2.02. The van der Waals surface area contributed by atoms with Crippen LogP contribution in [0.25, 0.3) is 0 Å². The molecular formula is C10H20N2Se. The van der Waals surface area contributed by atoms with Crippen LogP contribution in [-0.4, -0.2) is 25.7 Å². The van der Waals surface area contributed by atoms with E-state index in [9.17, 15) is 0 Å². The van der Waals surface area contributed by atoms with Gasteiger partial charge in [0.05, 0.1) is 0 Å². The Morgan fingerprint density at radius 2 is 2.23 bits per heavy atom. The van der Waals surface area contributed by atoms with Crippen molar-refractivity contribution in [2.75, 3.05) is 0 Å². The molecule has 1 heterocycles. The van der Waals surface area contributed by atoms with E-state index in [2.05, 4.69) is 25.8 Å². The fraction of sp³-hybridized carbons (Fsp3) is 0.900. The van der Waals surface area contributed by atoms with E-state index >= 15 is 0 Å². The van der Waals surface area contributed by atoms with Gasteiger partial charge in [0.2, 0.25) is 0 Å². The number of aliphatic imine (C=N–C) groups is 1. The number of rotatable bonds is 4. The fourth-order valence-corrected chi connectivity index (χ4v) is 3.56. The molecule has 1 aliphatic heterocycles. The van der Waals surface area contributed by atoms with Crippen LogP contribution in [0.2, 0.25) is 4.82 Å². The molecule has 2 atom stereocenters. The molecule has 0 bridgehead atoms. The average Bonchev–Trinajstić information content (AvgIpc) is 2.29. The van der Waals surface area contributed by atoms with Crippen LogP contribution < -0.4 is 5.73 Å². The number of hydrogen-bond donors (Lipinski definition) is 1. The first-order valence-corrected chi connectivity index (χ1v) is 6.94. The second-order valence-corrected chi connectivity index (χ2v) is 7.11. The van der Waals surface area contributed by atoms with Crippen LogP contribution in [0.1, 0.15) is 40.0 Å². The third-order valence-corrected chi connectivity index (χ3v) is 4.59. The molecule has 2 nitrogen and oxygen atoms in total. The normalized spacial score (nSPS) is 28.2. The second kappa shape index (κ2) is 5.02. The van der Waals surface area contributed by atoms with Gasteiger partial charge in [0, 0.05) is 0 Å². The SMILES string of the molecule is CC(C)CCC[C@H]1N=C(N)[Se][C@H]1C. The van der Waals surface area contributed by atoms with Gasteiger partial charge in [-0.05, 0) is 0 Å². The van der Waals surface area contributed by atoms with Crippen molar-refractivity contribution in [3.05, 3.63) is 0 Å². The van der Waals surface area contributed by atoms with Gasteiger partial charge in [0.25, 0.3) is 0 Å². The van der Waals surface area contributed by atoms with E-state index in [0.717, 1.165) is 15.5 Å². The standard InChI is InChI=1S/C10H20N2Se/c1-7(2)5-4-6-9-8(3)13-10(11)12-9/h7-9H,4-6H2,1-3H3,(H2,11,12)/t8-,9+/m0/s1. The van der Waals surface area contributed by atoms with E-state index in [-0.39, 0.29) is 0 Å². The van der Waals surface area contributed by atoms with Crippen molar-refractivity contribution in [2.45, 2.75) is 50.9 Å². The summed E-state index contributed by atoms with van der Waals surface area (Å²) in [6, 6.07) is 0.541. The number of amidine groups is 1. The molecule has 1 rings (SSSR count). The van der Waals surface area contributed by atoms with E-state index in [0.29, 0.717) is 21.0 Å². The quantitative estimate of drug-likeness (QED) is 0.758. The molecule has 0 unspecified atom stereocenters. The van der Waals surface area contributed by atoms with Crippen LogP contribution in [-0.2, 0) is 0 Å². The molecular weight excluding hydrogens is 227 g/mol. The Morgan fingerprint density at radius 3 is 2.69 bits per heavy atom. The zero-order valence-electron chi connectivity index (χ0n) is 8.79. The van der Waals surface area contributed by atoms with Gasteiger partial charge in [-0.15, -0.1) is 0 Å². The van der Waals surface area contributed by atoms with E-state index in [1.54, 1.807) is 0 Å². The summed E-state index contributed by atoms with van der Waals surface area (Å²) in [4.78, 5) is 5.22. The van der Waals surface area contributed by atoms with Gasteiger partial charge in [-0.3, -0.25) is 0 Å². The maximum absolute atomic E-state index is 5.72. The monoisotopic (exact) mass is 248 g/mol. The minimum absolute atomic E-state index is 0.475. The summed E-state index contributed by atoms with van der Waals surface area (Å²) >= 11 is 0.475. The van der Waals surface area contributed by atoms with Gasteiger partial charge in [0.15, 0.2) is 0 Å². The maximum atomic E-state index is 5.72. The Hall–Kier alpha value is -0.0105. The summed E-state index contributed by atoms with van der Waals surface area (Å²) in [7, 11) is 0. The van der Waals surface area contributed by atoms with E-state index < -0.39 is 0 Å². The first-order chi connectivity index (χ1) is 6.09. The van der Waals surface area contributed by atoms with Crippen molar-refractivity contribution < 1.29 is 0 Å². The molecule has 0 radical (unpaired) electrons. The topological polar surface area (TPSA) is 38.4 Å². The van der Waals surface area contributed by atoms with Crippen molar-refractivity contribution >= 4 is 19.7 Å². The molecule has 1 aliphatic rings. The molecule has 0 amide bonds. The second-order valence-electron chi connectivity index (χ2n) is 4.18. The molecule has 0 aromatic rings. The summed E-state index contributed by atoms with van der Waals surface area (Å²) in [5.41, 5.74) is 5.72. The van der Waals surface area contributed by atoms with Crippen molar-refractivity contribution in [3.8, 4) is 0 Å². The Kier molecular flexibility index (Phi) is 4.27. The van der Waals surface area contributed by atoms with Crippen LogP contribution in [0.5, 0.6) is 0 Å². The molecule has 0 aliphatic carbocycles. The van der Waals surface area contributed by atoms with Gasteiger partial charge in [-0.25, -0.2) is 0 Å². The Morgan fingerprint density at radius 1 is 1.54 bits per heavy atom. The van der Waals surface area contributed by atoms with E-state index in [1.165, 1.54) is 19.3 Å². The van der Waals surface area contributed by atoms with Gasteiger partial charge < -0.3 is 0 Å². The number of hydrogen-bond acceptors (Lipinski definition) is 2. The molecule has 2 N–H and O–H groups in total. The van der Waals surface area contributed by atoms with Crippen LogP contribution in [0, 0.1) is 5.92 Å². The van der Waals surface area contributed by atoms with E-state index in [4.69, 9.17) is 5.73 Å². The summed E-state index contributed by atoms with van der Waals surface area (Å²) in [6.07, 6.45) is 3.87. The first kappa shape index (κ1) is 11.1. The first-order valence-electron chi connectivity index (χ1n) is 5.09. The number of nitrogens with zero attached hydrogens (tertiary/aromatic N) is 1. The van der Waals surface area contributed by atoms with Crippen LogP contribution >= 0.6 is 0 Å². The van der Waals surface area contributed by atoms with Gasteiger partial charge >= 0.3 is 87.2 Å². The van der Waals surface area contributed by atoms with Crippen LogP contribution in [0.4, 0.5) is 0 Å². The number of nitrogens with two attached hydrogens (primary N) is 1. The zero-order chi connectivity index (χ0) is 9.84. The van der Waals surface area contributed by atoms with E-state index in [1.807, 2.05) is 0 Å². The van der Waals surface area contributed by atoms with Crippen LogP contribution in [0.15, 0.2) is 4.99 Å². The summed E-state index contributed by atoms with van der Waals surface area (Å²) in [5.74, 6) is 0.823. The minimum atomic E-state index is 0.475. The van der Waals surface area contributed by atoms with Crippen molar-refractivity contribution in [1.29, 1.82) is 0 Å². The summed E-state index contributed by atoms with van der Waals surface area (Å²) < 4.78 is 0.926. The van der Waals surface area contributed by atoms with Gasteiger partial charge in [-0.2, -0.15) is 0 Å². The third kappa shape index (κ3) is 3.70. The molecule has 0 aromatic carbocycles. The Labute approximate surface area is 87.5 Å². The average molecular weight is 247 g/mol. The third-order valence-electron chi connectivity index (χ3n) is 2.42. The van der Waals surface area contributed by atoms with Crippen molar-refractivity contribution in [3.63, 3.8) is 0 Å². The molecule has 0 fully saturated rings. The summed E-state index contributed by atoms with van der Waals surface area (Å²) in [5, 5.41) is 0. The Bertz CT molecular complexity index is 189. The fourth-order valence-electron chi connectivity index (χ4n) is 1.60. The summed E-state index contributed by atoms with van der Waals surface area (Å²) in [6.45, 7) is 6.84. The molecule has 0 spiro atoms. The molecule has 3 heteroatoms. The molecule has 76 valence electrons. The Balaban J connectivity index is 2.21. The molecule has 13 heavy (non-hydrogen) atoms. The predicted molar refractivity (Wildman–Crippen MR) is 59.3 cm³/mol. The van der Waals surface area contributed by atoms with Crippen LogP contribution in [0.3, 0.4) is 0 Å². The van der Waals surface area contributed by atoms with Gasteiger partial charge in [0.1, 0.15) is 0 Å². The van der Waals surface area contributed by atoms with Crippen molar-refractivity contribution in [1.82, 2.24) is 0 Å². The molecule has 0 aromatic heterocycles.